The van der Waals surface area contributed by atoms with E-state index < -0.39 is 0 Å². The Balaban J connectivity index is 1.65. The van der Waals surface area contributed by atoms with Gasteiger partial charge in [0.1, 0.15) is 0 Å². The second-order valence-corrected chi connectivity index (χ2v) is 5.67. The van der Waals surface area contributed by atoms with E-state index in [9.17, 15) is 0 Å². The fraction of sp³-hybridized carbons (Fsp3) is 1.00. The van der Waals surface area contributed by atoms with Crippen molar-refractivity contribution in [1.82, 2.24) is 0 Å². The Morgan fingerprint density at radius 3 is 2.57 bits per heavy atom. The maximum absolute atomic E-state index is 6.05. The minimum atomic E-state index is 0.472. The van der Waals surface area contributed by atoms with Crippen molar-refractivity contribution in [1.29, 1.82) is 0 Å². The topological polar surface area (TPSA) is 35.2 Å². The number of rotatable bonds is 3. The van der Waals surface area contributed by atoms with E-state index in [0.717, 1.165) is 25.0 Å². The lowest BCUT2D eigenvalue weighted by atomic mass is 9.89. The predicted octanol–water partition coefficient (Wildman–Crippen LogP) is 1.88. The van der Waals surface area contributed by atoms with Crippen LogP contribution >= 0.6 is 11.8 Å². The van der Waals surface area contributed by atoms with Crippen LogP contribution in [0.15, 0.2) is 0 Å². The molecule has 0 aromatic rings. The van der Waals surface area contributed by atoms with Crippen LogP contribution in [0.4, 0.5) is 0 Å². The average molecular weight is 215 g/mol. The van der Waals surface area contributed by atoms with Crippen LogP contribution < -0.4 is 5.73 Å². The predicted molar refractivity (Wildman–Crippen MR) is 61.6 cm³/mol. The second kappa shape index (κ2) is 5.38. The van der Waals surface area contributed by atoms with Crippen LogP contribution in [0.1, 0.15) is 25.7 Å². The van der Waals surface area contributed by atoms with Crippen molar-refractivity contribution in [3.63, 3.8) is 0 Å². The highest BCUT2D eigenvalue weighted by atomic mass is 32.2. The van der Waals surface area contributed by atoms with Crippen LogP contribution in [-0.4, -0.2) is 30.8 Å². The van der Waals surface area contributed by atoms with Gasteiger partial charge in [0.05, 0.1) is 0 Å². The van der Waals surface area contributed by atoms with E-state index in [1.165, 1.54) is 37.2 Å². The fourth-order valence-electron chi connectivity index (χ4n) is 2.40. The summed E-state index contributed by atoms with van der Waals surface area (Å²) < 4.78 is 5.36. The highest BCUT2D eigenvalue weighted by molar-refractivity contribution is 7.99. The molecule has 2 fully saturated rings. The molecule has 2 heterocycles. The number of hydrogen-bond donors (Lipinski definition) is 1. The third-order valence-corrected chi connectivity index (χ3v) is 4.82. The molecule has 2 saturated heterocycles. The van der Waals surface area contributed by atoms with Crippen molar-refractivity contribution < 1.29 is 4.74 Å². The molecule has 0 spiro atoms. The summed E-state index contributed by atoms with van der Waals surface area (Å²) in [5, 5.41) is 0. The molecule has 0 amide bonds. The molecule has 0 bridgehead atoms. The van der Waals surface area contributed by atoms with Gasteiger partial charge >= 0.3 is 0 Å². The lowest BCUT2D eigenvalue weighted by Gasteiger charge is -2.24. The highest BCUT2D eigenvalue weighted by Gasteiger charge is 2.25. The molecule has 3 heteroatoms. The van der Waals surface area contributed by atoms with Crippen molar-refractivity contribution >= 4 is 11.8 Å². The largest absolute Gasteiger partial charge is 0.381 e. The summed E-state index contributed by atoms with van der Waals surface area (Å²) >= 11 is 2.03. The van der Waals surface area contributed by atoms with E-state index in [-0.39, 0.29) is 0 Å². The maximum Gasteiger partial charge on any atom is 0.0468 e. The lowest BCUT2D eigenvalue weighted by molar-refractivity contribution is 0.0620. The number of hydrogen-bond acceptors (Lipinski definition) is 3. The zero-order valence-corrected chi connectivity index (χ0v) is 9.60. The summed E-state index contributed by atoms with van der Waals surface area (Å²) in [6.07, 6.45) is 5.27. The molecule has 2 nitrogen and oxygen atoms in total. The second-order valence-electron chi connectivity index (χ2n) is 4.59. The van der Waals surface area contributed by atoms with Gasteiger partial charge in [0.25, 0.3) is 0 Å². The molecule has 0 aliphatic carbocycles. The summed E-state index contributed by atoms with van der Waals surface area (Å²) in [7, 11) is 0. The van der Waals surface area contributed by atoms with Gasteiger partial charge in [0.15, 0.2) is 0 Å². The lowest BCUT2D eigenvalue weighted by Crippen LogP contribution is -2.29. The average Bonchev–Trinajstić information content (AvgIpc) is 2.63. The Bertz CT molecular complexity index is 171. The molecule has 2 unspecified atom stereocenters. The maximum atomic E-state index is 6.05. The highest BCUT2D eigenvalue weighted by Crippen LogP contribution is 2.30. The van der Waals surface area contributed by atoms with E-state index in [1.807, 2.05) is 11.8 Å². The molecular weight excluding hydrogens is 194 g/mol. The molecule has 2 rings (SSSR count). The van der Waals surface area contributed by atoms with Crippen LogP contribution in [0.2, 0.25) is 0 Å². The first-order valence-electron chi connectivity index (χ1n) is 5.77. The Kier molecular flexibility index (Phi) is 4.14. The van der Waals surface area contributed by atoms with Gasteiger partial charge in [-0.25, -0.2) is 0 Å². The molecule has 2 atom stereocenters. The summed E-state index contributed by atoms with van der Waals surface area (Å²) in [6.45, 7) is 1.96. The molecule has 0 aromatic carbocycles. The normalized spacial score (nSPS) is 34.9. The first-order chi connectivity index (χ1) is 6.86. The summed E-state index contributed by atoms with van der Waals surface area (Å²) in [5.41, 5.74) is 6.05. The summed E-state index contributed by atoms with van der Waals surface area (Å²) in [4.78, 5) is 0. The summed E-state index contributed by atoms with van der Waals surface area (Å²) in [6, 6.07) is 0.472. The third-order valence-electron chi connectivity index (χ3n) is 3.53. The van der Waals surface area contributed by atoms with Gasteiger partial charge in [0, 0.05) is 25.0 Å². The third kappa shape index (κ3) is 2.88. The van der Waals surface area contributed by atoms with Crippen molar-refractivity contribution in [2.45, 2.75) is 31.7 Å². The van der Waals surface area contributed by atoms with Crippen LogP contribution in [0.3, 0.4) is 0 Å². The van der Waals surface area contributed by atoms with Gasteiger partial charge < -0.3 is 10.5 Å². The van der Waals surface area contributed by atoms with Gasteiger partial charge in [-0.15, -0.1) is 0 Å². The zero-order chi connectivity index (χ0) is 9.80. The van der Waals surface area contributed by atoms with Crippen LogP contribution in [0.5, 0.6) is 0 Å². The minimum Gasteiger partial charge on any atom is -0.381 e. The number of ether oxygens (including phenoxy) is 1. The van der Waals surface area contributed by atoms with Gasteiger partial charge in [0.2, 0.25) is 0 Å². The fourth-order valence-corrected chi connectivity index (χ4v) is 3.79. The quantitative estimate of drug-likeness (QED) is 0.781. The van der Waals surface area contributed by atoms with E-state index in [2.05, 4.69) is 0 Å². The number of nitrogens with two attached hydrogens (primary N) is 1. The van der Waals surface area contributed by atoms with E-state index in [1.54, 1.807) is 0 Å². The van der Waals surface area contributed by atoms with Gasteiger partial charge in [-0.05, 0) is 43.3 Å². The van der Waals surface area contributed by atoms with E-state index >= 15 is 0 Å². The van der Waals surface area contributed by atoms with Crippen molar-refractivity contribution in [3.05, 3.63) is 0 Å². The van der Waals surface area contributed by atoms with Crippen molar-refractivity contribution in [2.75, 3.05) is 24.7 Å². The van der Waals surface area contributed by atoms with Crippen molar-refractivity contribution in [2.24, 2.45) is 17.6 Å². The number of thioether (sulfide) groups is 1. The zero-order valence-electron chi connectivity index (χ0n) is 8.78. The van der Waals surface area contributed by atoms with Gasteiger partial charge in [-0.1, -0.05) is 0 Å². The monoisotopic (exact) mass is 215 g/mol. The molecule has 2 N–H and O–H groups in total. The SMILES string of the molecule is NC1CSCC1CCC1CCOCC1. The molecule has 0 radical (unpaired) electrons. The Labute approximate surface area is 91.0 Å². The Morgan fingerprint density at radius 1 is 1.14 bits per heavy atom. The minimum absolute atomic E-state index is 0.472. The molecule has 0 saturated carbocycles. The molecule has 2 aliphatic heterocycles. The standard InChI is InChI=1S/C11H21NOS/c12-11-8-14-7-10(11)2-1-9-3-5-13-6-4-9/h9-11H,1-8,12H2. The van der Waals surface area contributed by atoms with Crippen LogP contribution in [0, 0.1) is 11.8 Å². The van der Waals surface area contributed by atoms with Crippen molar-refractivity contribution in [3.8, 4) is 0 Å². The molecule has 14 heavy (non-hydrogen) atoms. The Morgan fingerprint density at radius 2 is 1.93 bits per heavy atom. The first-order valence-corrected chi connectivity index (χ1v) is 6.93. The van der Waals surface area contributed by atoms with Crippen LogP contribution in [-0.2, 0) is 4.74 Å². The molecule has 2 aliphatic rings. The van der Waals surface area contributed by atoms with Gasteiger partial charge in [-0.3, -0.25) is 0 Å². The molecular formula is C11H21NOS. The molecule has 0 aromatic heterocycles. The van der Waals surface area contributed by atoms with E-state index in [0.29, 0.717) is 6.04 Å². The Hall–Kier alpha value is 0.270. The van der Waals surface area contributed by atoms with E-state index in [4.69, 9.17) is 10.5 Å². The van der Waals surface area contributed by atoms with Gasteiger partial charge in [-0.2, -0.15) is 11.8 Å². The smallest absolute Gasteiger partial charge is 0.0468 e. The van der Waals surface area contributed by atoms with Crippen LogP contribution in [0.25, 0.3) is 0 Å². The summed E-state index contributed by atoms with van der Waals surface area (Å²) in [5.74, 6) is 4.19. The molecule has 82 valence electrons. The first kappa shape index (κ1) is 10.8.